The first kappa shape index (κ1) is 16.6. The predicted octanol–water partition coefficient (Wildman–Crippen LogP) is -1.93. The van der Waals surface area contributed by atoms with Gasteiger partial charge in [0.15, 0.2) is 11.6 Å². The molecular formula is C7H10B2N4O6. The van der Waals surface area contributed by atoms with Crippen molar-refractivity contribution in [3.63, 3.8) is 0 Å². The smallest absolute Gasteiger partial charge is 0.411 e. The summed E-state index contributed by atoms with van der Waals surface area (Å²) in [6, 6.07) is 0. The second-order valence-corrected chi connectivity index (χ2v) is 2.77. The lowest BCUT2D eigenvalue weighted by molar-refractivity contribution is 0.0243. The van der Waals surface area contributed by atoms with E-state index in [1.807, 2.05) is 0 Å². The van der Waals surface area contributed by atoms with Crippen molar-refractivity contribution in [2.45, 2.75) is 0 Å². The average molecular weight is 268 g/mol. The number of carbonyl (C=O) groups is 4. The van der Waals surface area contributed by atoms with E-state index in [1.165, 1.54) is 0 Å². The van der Waals surface area contributed by atoms with E-state index >= 15 is 0 Å². The van der Waals surface area contributed by atoms with Gasteiger partial charge in [0.2, 0.25) is 22.5 Å². The minimum absolute atomic E-state index is 0.233. The van der Waals surface area contributed by atoms with Crippen LogP contribution in [0.1, 0.15) is 0 Å². The molecule has 0 unspecified atom stereocenters. The number of ether oxygens (including phenoxy) is 2. The van der Waals surface area contributed by atoms with E-state index in [0.29, 0.717) is 0 Å². The molecule has 0 spiro atoms. The first-order valence-corrected chi connectivity index (χ1v) is 4.79. The zero-order valence-corrected chi connectivity index (χ0v) is 9.73. The van der Waals surface area contributed by atoms with E-state index in [2.05, 4.69) is 30.7 Å². The Kier molecular flexibility index (Phi) is 8.41. The molecule has 0 bridgehead atoms. The summed E-state index contributed by atoms with van der Waals surface area (Å²) in [4.78, 5) is 42.3. The molecule has 0 heterocycles. The van der Waals surface area contributed by atoms with E-state index < -0.39 is 30.6 Å². The lowest BCUT2D eigenvalue weighted by Gasteiger charge is -2.09. The van der Waals surface area contributed by atoms with Gasteiger partial charge >= 0.3 is 12.2 Å². The fraction of sp³-hybridized carbons (Fsp3) is 0.429. The highest BCUT2D eigenvalue weighted by Crippen LogP contribution is 1.81. The SMILES string of the molecule is [B]C(=O)NCNC(=O)OCOC(=O)NCNC([B])=O. The molecule has 0 aliphatic carbocycles. The largest absolute Gasteiger partial charge is 0.412 e. The van der Waals surface area contributed by atoms with Crippen LogP contribution in [0, 0.1) is 0 Å². The number of amides is 4. The minimum atomic E-state index is -0.934. The molecule has 4 N–H and O–H groups in total. The Morgan fingerprint density at radius 3 is 1.42 bits per heavy atom. The second kappa shape index (κ2) is 9.62. The third-order valence-corrected chi connectivity index (χ3v) is 1.37. The molecule has 0 aliphatic heterocycles. The molecule has 0 saturated heterocycles. The summed E-state index contributed by atoms with van der Waals surface area (Å²) in [5.41, 5.74) is 0. The monoisotopic (exact) mass is 268 g/mol. The van der Waals surface area contributed by atoms with Crippen molar-refractivity contribution in [3.05, 3.63) is 0 Å². The maximum Gasteiger partial charge on any atom is 0.411 e. The Bertz CT molecular complexity index is 320. The van der Waals surface area contributed by atoms with Crippen molar-refractivity contribution in [2.24, 2.45) is 0 Å². The molecule has 0 rings (SSSR count). The molecule has 4 amide bonds. The quantitative estimate of drug-likeness (QED) is 0.327. The zero-order chi connectivity index (χ0) is 14.7. The summed E-state index contributed by atoms with van der Waals surface area (Å²) in [5, 5.41) is 8.31. The lowest BCUT2D eigenvalue weighted by Crippen LogP contribution is -2.39. The molecule has 12 heteroatoms. The van der Waals surface area contributed by atoms with Gasteiger partial charge in [0.1, 0.15) is 0 Å². The molecule has 0 aromatic carbocycles. The number of alkyl carbamates (subject to hydrolysis) is 2. The van der Waals surface area contributed by atoms with Gasteiger partial charge in [-0.1, -0.05) is 0 Å². The third-order valence-electron chi connectivity index (χ3n) is 1.37. The topological polar surface area (TPSA) is 135 Å². The van der Waals surface area contributed by atoms with Crippen LogP contribution >= 0.6 is 0 Å². The van der Waals surface area contributed by atoms with E-state index in [-0.39, 0.29) is 13.3 Å². The Morgan fingerprint density at radius 1 is 0.737 bits per heavy atom. The summed E-state index contributed by atoms with van der Waals surface area (Å²) in [6.07, 6.45) is -1.87. The molecule has 0 fully saturated rings. The molecule has 10 nitrogen and oxygen atoms in total. The Balaban J connectivity index is 3.50. The summed E-state index contributed by atoms with van der Waals surface area (Å²) in [5.74, 6) is -1.64. The van der Waals surface area contributed by atoms with Gasteiger partial charge in [-0.15, -0.1) is 0 Å². The first-order valence-electron chi connectivity index (χ1n) is 4.79. The Hall–Kier alpha value is -2.39. The van der Waals surface area contributed by atoms with Crippen molar-refractivity contribution in [3.8, 4) is 0 Å². The van der Waals surface area contributed by atoms with Crippen molar-refractivity contribution >= 4 is 39.5 Å². The molecule has 0 aromatic rings. The van der Waals surface area contributed by atoms with E-state index in [4.69, 9.17) is 15.7 Å². The number of rotatable bonds is 6. The van der Waals surface area contributed by atoms with Crippen LogP contribution in [-0.4, -0.2) is 59.6 Å². The summed E-state index contributed by atoms with van der Waals surface area (Å²) < 4.78 is 8.77. The van der Waals surface area contributed by atoms with Crippen molar-refractivity contribution in [1.29, 1.82) is 0 Å². The predicted molar refractivity (Wildman–Crippen MR) is 62.4 cm³/mol. The zero-order valence-electron chi connectivity index (χ0n) is 9.73. The average Bonchev–Trinajstić information content (AvgIpc) is 2.27. The van der Waals surface area contributed by atoms with Crippen LogP contribution in [0.15, 0.2) is 0 Å². The normalized spacial score (nSPS) is 8.84. The van der Waals surface area contributed by atoms with Crippen LogP contribution in [0.4, 0.5) is 19.2 Å². The summed E-state index contributed by atoms with van der Waals surface area (Å²) in [6.45, 7) is -1.13. The summed E-state index contributed by atoms with van der Waals surface area (Å²) >= 11 is 0. The van der Waals surface area contributed by atoms with Crippen molar-refractivity contribution in [2.75, 3.05) is 20.1 Å². The number of hydrogen-bond acceptors (Lipinski definition) is 6. The van der Waals surface area contributed by atoms with Crippen LogP contribution in [0.2, 0.25) is 0 Å². The Morgan fingerprint density at radius 2 is 1.11 bits per heavy atom. The fourth-order valence-corrected chi connectivity index (χ4v) is 0.646. The van der Waals surface area contributed by atoms with Crippen LogP contribution in [-0.2, 0) is 9.47 Å². The van der Waals surface area contributed by atoms with Crippen molar-refractivity contribution in [1.82, 2.24) is 21.3 Å². The van der Waals surface area contributed by atoms with E-state index in [9.17, 15) is 19.2 Å². The minimum Gasteiger partial charge on any atom is -0.412 e. The fourth-order valence-electron chi connectivity index (χ4n) is 0.646. The van der Waals surface area contributed by atoms with E-state index in [0.717, 1.165) is 0 Å². The van der Waals surface area contributed by atoms with Crippen LogP contribution in [0.25, 0.3) is 0 Å². The molecule has 0 atom stereocenters. The van der Waals surface area contributed by atoms with Crippen LogP contribution < -0.4 is 21.3 Å². The van der Waals surface area contributed by atoms with Gasteiger partial charge in [-0.3, -0.25) is 9.59 Å². The van der Waals surface area contributed by atoms with Gasteiger partial charge in [-0.05, 0) is 0 Å². The van der Waals surface area contributed by atoms with Gasteiger partial charge < -0.3 is 30.7 Å². The standard InChI is InChI=1S/C7H10B2N4O6/c8-4(14)10-1-12-6(16)18-3-19-7(17)13-2-11-5(9)15/h1-3H2,(H,10,14)(H,11,15)(H,12,16)(H,13,17). The van der Waals surface area contributed by atoms with Crippen molar-refractivity contribution < 1.29 is 28.7 Å². The lowest BCUT2D eigenvalue weighted by atomic mass is 10.1. The molecular weight excluding hydrogens is 258 g/mol. The second-order valence-electron chi connectivity index (χ2n) is 2.77. The molecule has 4 radical (unpaired) electrons. The van der Waals surface area contributed by atoms with Gasteiger partial charge in [0, 0.05) is 0 Å². The maximum atomic E-state index is 10.9. The number of hydrogen-bond donors (Lipinski definition) is 4. The highest BCUT2D eigenvalue weighted by molar-refractivity contribution is 6.57. The van der Waals surface area contributed by atoms with Gasteiger partial charge in [0.25, 0.3) is 0 Å². The summed E-state index contributed by atoms with van der Waals surface area (Å²) in [7, 11) is 9.46. The molecule has 0 saturated carbocycles. The van der Waals surface area contributed by atoms with Crippen LogP contribution in [0.5, 0.6) is 0 Å². The first-order chi connectivity index (χ1) is 8.91. The molecule has 0 aliphatic rings. The Labute approximate surface area is 110 Å². The van der Waals surface area contributed by atoms with Gasteiger partial charge in [-0.25, -0.2) is 9.59 Å². The number of carbonyl (C=O) groups excluding carboxylic acids is 4. The van der Waals surface area contributed by atoms with Gasteiger partial charge in [0.05, 0.1) is 13.3 Å². The third kappa shape index (κ3) is 11.9. The maximum absolute atomic E-state index is 10.9. The highest BCUT2D eigenvalue weighted by Gasteiger charge is 2.04. The molecule has 0 aromatic heterocycles. The molecule has 19 heavy (non-hydrogen) atoms. The van der Waals surface area contributed by atoms with Crippen LogP contribution in [0.3, 0.4) is 0 Å². The van der Waals surface area contributed by atoms with E-state index in [1.54, 1.807) is 0 Å². The molecule has 100 valence electrons. The van der Waals surface area contributed by atoms with Gasteiger partial charge in [-0.2, -0.15) is 0 Å². The number of nitrogens with one attached hydrogen (secondary N) is 4. The highest BCUT2D eigenvalue weighted by atomic mass is 16.7.